The van der Waals surface area contributed by atoms with Gasteiger partial charge in [0, 0.05) is 15.6 Å². The minimum atomic E-state index is -0.426. The second kappa shape index (κ2) is 11.1. The molecule has 1 aliphatic rings. The van der Waals surface area contributed by atoms with Gasteiger partial charge >= 0.3 is 0 Å². The van der Waals surface area contributed by atoms with Crippen molar-refractivity contribution >= 4 is 68.3 Å². The number of aromatic nitrogens is 3. The summed E-state index contributed by atoms with van der Waals surface area (Å²) in [6.45, 7) is 0. The molecule has 212 valence electrons. The Kier molecular flexibility index (Phi) is 7.09. The zero-order valence-electron chi connectivity index (χ0n) is 22.9. The summed E-state index contributed by atoms with van der Waals surface area (Å²) in [6.07, 6.45) is 6.34. The Morgan fingerprint density at radius 2 is 1.47 bits per heavy atom. The van der Waals surface area contributed by atoms with Crippen LogP contribution in [0.4, 0.5) is 0 Å². The van der Waals surface area contributed by atoms with Crippen molar-refractivity contribution in [1.82, 2.24) is 14.4 Å². The van der Waals surface area contributed by atoms with Crippen LogP contribution in [0, 0.1) is 0 Å². The highest BCUT2D eigenvalue weighted by molar-refractivity contribution is 7.15. The van der Waals surface area contributed by atoms with Gasteiger partial charge in [0.1, 0.15) is 5.75 Å². The molecule has 1 aliphatic carbocycles. The Morgan fingerprint density at radius 3 is 2.16 bits per heavy atom. The first-order valence-electron chi connectivity index (χ1n) is 13.7. The third-order valence-electron chi connectivity index (χ3n) is 7.64. The molecule has 3 heterocycles. The van der Waals surface area contributed by atoms with E-state index in [1.807, 2.05) is 60.7 Å². The van der Waals surface area contributed by atoms with Crippen LogP contribution in [0.2, 0.25) is 10.0 Å². The minimum Gasteiger partial charge on any atom is -0.497 e. The maximum absolute atomic E-state index is 14.2. The van der Waals surface area contributed by atoms with Crippen LogP contribution in [0.3, 0.4) is 0 Å². The van der Waals surface area contributed by atoms with Crippen molar-refractivity contribution in [2.75, 3.05) is 7.11 Å². The van der Waals surface area contributed by atoms with Gasteiger partial charge in [-0.1, -0.05) is 70.9 Å². The van der Waals surface area contributed by atoms with Crippen LogP contribution in [0.15, 0.2) is 82.4 Å². The van der Waals surface area contributed by atoms with Crippen molar-refractivity contribution in [2.45, 2.75) is 19.3 Å². The average molecular weight is 625 g/mol. The van der Waals surface area contributed by atoms with E-state index in [0.717, 1.165) is 58.3 Å². The number of halogens is 2. The van der Waals surface area contributed by atoms with Crippen LogP contribution < -0.4 is 20.4 Å². The predicted molar refractivity (Wildman–Crippen MR) is 175 cm³/mol. The average Bonchev–Trinajstić information content (AvgIpc) is 3.33. The molecular formula is C34H23Cl2N3O3S. The van der Waals surface area contributed by atoms with E-state index < -0.39 is 11.1 Å². The highest BCUT2D eigenvalue weighted by Crippen LogP contribution is 2.40. The van der Waals surface area contributed by atoms with Crippen molar-refractivity contribution in [1.29, 1.82) is 0 Å². The van der Waals surface area contributed by atoms with Crippen molar-refractivity contribution < 1.29 is 4.74 Å². The van der Waals surface area contributed by atoms with Gasteiger partial charge in [-0.3, -0.25) is 9.59 Å². The number of thiazole rings is 1. The summed E-state index contributed by atoms with van der Waals surface area (Å²) in [5.41, 5.74) is 5.73. The van der Waals surface area contributed by atoms with Crippen molar-refractivity contribution in [3.63, 3.8) is 0 Å². The van der Waals surface area contributed by atoms with Gasteiger partial charge in [0.2, 0.25) is 4.96 Å². The fourth-order valence-electron chi connectivity index (χ4n) is 5.59. The summed E-state index contributed by atoms with van der Waals surface area (Å²) in [6, 6.07) is 22.4. The smallest absolute Gasteiger partial charge is 0.277 e. The maximum Gasteiger partial charge on any atom is 0.277 e. The standard InChI is InChI=1S/C34H23Cl2N3O3S/c1-42-25-15-7-20(8-16-25)18-27-32(40)39-33(41)29-28(21-9-13-24(36)14-10-21)26-4-2-3-22(17-19-5-11-23(35)12-6-19)30(26)37-31(29)38-34(39)43-27/h5-18H,2-4H2,1H3/b22-17+,27-18+. The molecule has 0 unspecified atom stereocenters. The SMILES string of the molecule is COc1ccc(/C=c2/sc3nc4nc5c(c(-c6ccc(Cl)cc6)c4c(=O)n3c2=O)CCC/C5=C\c2ccc(Cl)cc2)cc1. The van der Waals surface area contributed by atoms with Gasteiger partial charge < -0.3 is 4.74 Å². The lowest BCUT2D eigenvalue weighted by molar-refractivity contribution is 0.415. The molecule has 6 aromatic rings. The van der Waals surface area contributed by atoms with Gasteiger partial charge in [-0.15, -0.1) is 0 Å². The number of benzene rings is 3. The number of rotatable bonds is 4. The number of ether oxygens (including phenoxy) is 1. The van der Waals surface area contributed by atoms with Gasteiger partial charge in [-0.25, -0.2) is 9.38 Å². The zero-order chi connectivity index (χ0) is 29.7. The highest BCUT2D eigenvalue weighted by atomic mass is 35.5. The Morgan fingerprint density at radius 1 is 0.814 bits per heavy atom. The van der Waals surface area contributed by atoms with E-state index in [1.165, 1.54) is 15.7 Å². The number of hydrogen-bond acceptors (Lipinski definition) is 6. The molecule has 0 bridgehead atoms. The van der Waals surface area contributed by atoms with Crippen molar-refractivity contribution in [2.24, 2.45) is 0 Å². The summed E-state index contributed by atoms with van der Waals surface area (Å²) in [4.78, 5) is 37.9. The van der Waals surface area contributed by atoms with Crippen LogP contribution in [0.25, 0.3) is 44.8 Å². The molecule has 0 atom stereocenters. The summed E-state index contributed by atoms with van der Waals surface area (Å²) < 4.78 is 6.82. The fourth-order valence-corrected chi connectivity index (χ4v) is 6.81. The Labute approximate surface area is 260 Å². The highest BCUT2D eigenvalue weighted by Gasteiger charge is 2.26. The molecular weight excluding hydrogens is 601 g/mol. The van der Waals surface area contributed by atoms with Gasteiger partial charge in [0.25, 0.3) is 11.1 Å². The topological polar surface area (TPSA) is 73.6 Å². The van der Waals surface area contributed by atoms with E-state index in [1.54, 1.807) is 25.3 Å². The third kappa shape index (κ3) is 5.03. The number of fused-ring (bicyclic) bond motifs is 3. The monoisotopic (exact) mass is 623 g/mol. The molecule has 0 radical (unpaired) electrons. The first-order chi connectivity index (χ1) is 20.9. The lowest BCUT2D eigenvalue weighted by atomic mass is 9.84. The molecule has 9 heteroatoms. The lowest BCUT2D eigenvalue weighted by Crippen LogP contribution is -2.31. The molecule has 0 saturated carbocycles. The van der Waals surface area contributed by atoms with E-state index >= 15 is 0 Å². The molecule has 6 nitrogen and oxygen atoms in total. The Balaban J connectivity index is 1.52. The molecule has 43 heavy (non-hydrogen) atoms. The summed E-state index contributed by atoms with van der Waals surface area (Å²) >= 11 is 13.5. The van der Waals surface area contributed by atoms with E-state index in [4.69, 9.17) is 37.9 Å². The first-order valence-corrected chi connectivity index (χ1v) is 15.3. The van der Waals surface area contributed by atoms with Crippen LogP contribution in [0.5, 0.6) is 5.75 Å². The molecule has 3 aromatic carbocycles. The molecule has 0 fully saturated rings. The predicted octanol–water partition coefficient (Wildman–Crippen LogP) is 7.07. The minimum absolute atomic E-state index is 0.302. The van der Waals surface area contributed by atoms with Crippen molar-refractivity contribution in [3.8, 4) is 16.9 Å². The molecule has 7 rings (SSSR count). The first kappa shape index (κ1) is 27.5. The largest absolute Gasteiger partial charge is 0.497 e. The number of methoxy groups -OCH3 is 1. The maximum atomic E-state index is 14.2. The van der Waals surface area contributed by atoms with E-state index in [-0.39, 0.29) is 0 Å². The van der Waals surface area contributed by atoms with Crippen LogP contribution >= 0.6 is 34.5 Å². The van der Waals surface area contributed by atoms with Crippen LogP contribution in [0.1, 0.15) is 35.2 Å². The third-order valence-corrected chi connectivity index (χ3v) is 9.11. The van der Waals surface area contributed by atoms with Crippen molar-refractivity contribution in [3.05, 3.63) is 130 Å². The number of hydrogen-bond donors (Lipinski definition) is 0. The Bertz CT molecular complexity index is 2240. The zero-order valence-corrected chi connectivity index (χ0v) is 25.3. The number of nitrogens with zero attached hydrogens (tertiary/aromatic N) is 3. The van der Waals surface area contributed by atoms with E-state index in [0.29, 0.717) is 36.3 Å². The summed E-state index contributed by atoms with van der Waals surface area (Å²) in [5.74, 6) is 0.717. The molecule has 0 aliphatic heterocycles. The van der Waals surface area contributed by atoms with Crippen LogP contribution in [-0.4, -0.2) is 21.5 Å². The second-order valence-electron chi connectivity index (χ2n) is 10.3. The van der Waals surface area contributed by atoms with E-state index in [2.05, 4.69) is 6.08 Å². The molecule has 0 saturated heterocycles. The van der Waals surface area contributed by atoms with E-state index in [9.17, 15) is 9.59 Å². The van der Waals surface area contributed by atoms with Crippen LogP contribution in [-0.2, 0) is 6.42 Å². The summed E-state index contributed by atoms with van der Waals surface area (Å²) in [5, 5.41) is 1.60. The molecule has 0 amide bonds. The normalized spacial score (nSPS) is 14.5. The number of pyridine rings is 1. The quantitative estimate of drug-likeness (QED) is 0.210. The van der Waals surface area contributed by atoms with Gasteiger partial charge in [0.05, 0.1) is 22.7 Å². The lowest BCUT2D eigenvalue weighted by Gasteiger charge is -2.23. The molecule has 0 N–H and O–H groups in total. The summed E-state index contributed by atoms with van der Waals surface area (Å²) in [7, 11) is 1.60. The second-order valence-corrected chi connectivity index (χ2v) is 12.2. The Hall–Kier alpha value is -4.30. The van der Waals surface area contributed by atoms with Gasteiger partial charge in [-0.05, 0) is 95.6 Å². The molecule has 3 aromatic heterocycles. The fraction of sp³-hybridized carbons (Fsp3) is 0.118. The van der Waals surface area contributed by atoms with Gasteiger partial charge in [-0.2, -0.15) is 4.98 Å². The van der Waals surface area contributed by atoms with Gasteiger partial charge in [0.15, 0.2) is 5.65 Å². The molecule has 0 spiro atoms. The number of allylic oxidation sites excluding steroid dienone is 1.